The predicted octanol–water partition coefficient (Wildman–Crippen LogP) is 4.16. The second kappa shape index (κ2) is 11.9. The average Bonchev–Trinajstić information content (AvgIpc) is 2.33. The van der Waals surface area contributed by atoms with E-state index < -0.39 is 0 Å². The van der Waals surface area contributed by atoms with Gasteiger partial charge in [-0.2, -0.15) is 0 Å². The van der Waals surface area contributed by atoms with E-state index in [1.807, 2.05) is 38.1 Å². The van der Waals surface area contributed by atoms with Gasteiger partial charge < -0.3 is 0 Å². The fraction of sp³-hybridized carbons (Fsp3) is 0.167. The second-order valence-corrected chi connectivity index (χ2v) is 4.65. The third-order valence-corrected chi connectivity index (χ3v) is 1.69. The molecule has 0 radical (unpaired) electrons. The van der Waals surface area contributed by atoms with Gasteiger partial charge in [0, 0.05) is 24.8 Å². The van der Waals surface area contributed by atoms with E-state index in [0.29, 0.717) is 0 Å². The summed E-state index contributed by atoms with van der Waals surface area (Å²) in [6.07, 6.45) is 7.15. The Kier molecular flexibility index (Phi) is 11.5. The van der Waals surface area contributed by atoms with Gasteiger partial charge in [0.15, 0.2) is 0 Å². The molecule has 0 aliphatic rings. The summed E-state index contributed by atoms with van der Waals surface area (Å²) in [7, 11) is 9.34. The van der Waals surface area contributed by atoms with Crippen LogP contribution in [0, 0.1) is 13.8 Å². The quantitative estimate of drug-likeness (QED) is 0.681. The molecule has 2 rings (SSSR count). The molecule has 97 valence electrons. The average molecular weight is 321 g/mol. The summed E-state index contributed by atoms with van der Waals surface area (Å²) >= 11 is 0.757. The van der Waals surface area contributed by atoms with Crippen molar-refractivity contribution in [2.75, 3.05) is 0 Å². The molecular formula is C12H14Cl2CuN2. The second-order valence-electron chi connectivity index (χ2n) is 3.09. The summed E-state index contributed by atoms with van der Waals surface area (Å²) in [5, 5.41) is 0. The summed E-state index contributed by atoms with van der Waals surface area (Å²) in [4.78, 5) is 7.69. The maximum absolute atomic E-state index is 4.67. The van der Waals surface area contributed by atoms with E-state index in [1.54, 1.807) is 24.8 Å². The molecular weight excluding hydrogens is 307 g/mol. The number of aromatic nitrogens is 2. The van der Waals surface area contributed by atoms with Crippen LogP contribution in [-0.2, 0) is 13.1 Å². The van der Waals surface area contributed by atoms with E-state index in [0.717, 1.165) is 13.1 Å². The van der Waals surface area contributed by atoms with Crippen molar-refractivity contribution in [3.05, 3.63) is 60.2 Å². The molecule has 0 aromatic carbocycles. The number of aryl methyl sites for hydroxylation is 2. The Morgan fingerprint density at radius 3 is 1.12 bits per heavy atom. The van der Waals surface area contributed by atoms with Gasteiger partial charge in [-0.15, -0.1) is 0 Å². The van der Waals surface area contributed by atoms with E-state index in [9.17, 15) is 0 Å². The third-order valence-electron chi connectivity index (χ3n) is 1.69. The molecule has 0 bridgehead atoms. The fourth-order valence-electron chi connectivity index (χ4n) is 0.853. The van der Waals surface area contributed by atoms with Crippen LogP contribution >= 0.6 is 20.2 Å². The summed E-state index contributed by atoms with van der Waals surface area (Å²) in [6.45, 7) is 4.09. The molecule has 0 N–H and O–H groups in total. The summed E-state index contributed by atoms with van der Waals surface area (Å²) in [5.41, 5.74) is 2.52. The van der Waals surface area contributed by atoms with Gasteiger partial charge >= 0.3 is 33.3 Å². The summed E-state index contributed by atoms with van der Waals surface area (Å²) in [6, 6.07) is 7.89. The van der Waals surface area contributed by atoms with Crippen LogP contribution < -0.4 is 0 Å². The first-order valence-corrected chi connectivity index (χ1v) is 7.34. The molecule has 0 amide bonds. The van der Waals surface area contributed by atoms with Crippen molar-refractivity contribution in [3.63, 3.8) is 0 Å². The zero-order valence-electron chi connectivity index (χ0n) is 9.57. The van der Waals surface area contributed by atoms with Gasteiger partial charge in [0.2, 0.25) is 0 Å². The molecule has 2 aromatic heterocycles. The van der Waals surface area contributed by atoms with Crippen LogP contribution in [-0.4, -0.2) is 9.97 Å². The van der Waals surface area contributed by atoms with Crippen molar-refractivity contribution in [1.82, 2.24) is 9.97 Å². The SMILES string of the molecule is Cc1ccncc1.Cc1ccncc1.[Cl][Cu][Cl]. The molecule has 0 atom stereocenters. The van der Waals surface area contributed by atoms with Crippen molar-refractivity contribution in [3.8, 4) is 0 Å². The normalized spacial score (nSPS) is 8.47. The van der Waals surface area contributed by atoms with Crippen LogP contribution in [0.2, 0.25) is 0 Å². The molecule has 0 aliphatic carbocycles. The minimum atomic E-state index is 0.757. The van der Waals surface area contributed by atoms with Gasteiger partial charge in [-0.05, 0) is 49.2 Å². The van der Waals surface area contributed by atoms with Gasteiger partial charge in [-0.3, -0.25) is 9.97 Å². The topological polar surface area (TPSA) is 25.8 Å². The predicted molar refractivity (Wildman–Crippen MR) is 69.7 cm³/mol. The van der Waals surface area contributed by atoms with Crippen molar-refractivity contribution >= 4 is 20.2 Å². The molecule has 0 unspecified atom stereocenters. The monoisotopic (exact) mass is 319 g/mol. The van der Waals surface area contributed by atoms with Gasteiger partial charge in [0.25, 0.3) is 0 Å². The molecule has 0 saturated carbocycles. The third kappa shape index (κ3) is 11.7. The Labute approximate surface area is 117 Å². The van der Waals surface area contributed by atoms with Gasteiger partial charge in [-0.25, -0.2) is 0 Å². The van der Waals surface area contributed by atoms with Crippen LogP contribution in [0.4, 0.5) is 0 Å². The van der Waals surface area contributed by atoms with E-state index in [1.165, 1.54) is 11.1 Å². The van der Waals surface area contributed by atoms with E-state index >= 15 is 0 Å². The van der Waals surface area contributed by atoms with Crippen LogP contribution in [0.25, 0.3) is 0 Å². The maximum atomic E-state index is 4.67. The van der Waals surface area contributed by atoms with Gasteiger partial charge in [-0.1, -0.05) is 0 Å². The van der Waals surface area contributed by atoms with Gasteiger partial charge in [0.05, 0.1) is 0 Å². The number of hydrogen-bond donors (Lipinski definition) is 0. The molecule has 2 nitrogen and oxygen atoms in total. The minimum absolute atomic E-state index is 0.757. The fourth-order valence-corrected chi connectivity index (χ4v) is 0.853. The number of pyridine rings is 2. The molecule has 5 heteroatoms. The molecule has 2 heterocycles. The first-order chi connectivity index (χ1) is 8.20. The molecule has 17 heavy (non-hydrogen) atoms. The number of nitrogens with zero attached hydrogens (tertiary/aromatic N) is 2. The zero-order valence-corrected chi connectivity index (χ0v) is 12.0. The van der Waals surface area contributed by atoms with Crippen molar-refractivity contribution in [2.45, 2.75) is 13.8 Å². The summed E-state index contributed by atoms with van der Waals surface area (Å²) < 4.78 is 0. The molecule has 0 spiro atoms. The van der Waals surface area contributed by atoms with Crippen LogP contribution in [0.15, 0.2) is 49.1 Å². The Balaban J connectivity index is 0.000000247. The number of hydrogen-bond acceptors (Lipinski definition) is 2. The number of halogens is 2. The first kappa shape index (κ1) is 16.4. The van der Waals surface area contributed by atoms with E-state index in [4.69, 9.17) is 0 Å². The van der Waals surface area contributed by atoms with E-state index in [2.05, 4.69) is 30.2 Å². The number of rotatable bonds is 0. The zero-order chi connectivity index (χ0) is 12.9. The Bertz CT molecular complexity index is 333. The molecule has 0 fully saturated rings. The summed E-state index contributed by atoms with van der Waals surface area (Å²) in [5.74, 6) is 0. The Hall–Kier alpha value is -0.601. The molecule has 0 aliphatic heterocycles. The van der Waals surface area contributed by atoms with Crippen molar-refractivity contribution < 1.29 is 13.1 Å². The standard InChI is InChI=1S/2C6H7N.2ClH.Cu/c2*1-6-2-4-7-5-3-6;;;/h2*2-5H,1H3;2*1H;/q;;;;+2/p-2. The Morgan fingerprint density at radius 1 is 0.765 bits per heavy atom. The van der Waals surface area contributed by atoms with Crippen molar-refractivity contribution in [1.29, 1.82) is 0 Å². The van der Waals surface area contributed by atoms with Gasteiger partial charge in [0.1, 0.15) is 0 Å². The van der Waals surface area contributed by atoms with Crippen LogP contribution in [0.1, 0.15) is 11.1 Å². The van der Waals surface area contributed by atoms with Crippen molar-refractivity contribution in [2.24, 2.45) is 0 Å². The van der Waals surface area contributed by atoms with Crippen LogP contribution in [0.5, 0.6) is 0 Å². The molecule has 0 saturated heterocycles. The first-order valence-electron chi connectivity index (χ1n) is 4.75. The molecule has 2 aromatic rings. The van der Waals surface area contributed by atoms with E-state index in [-0.39, 0.29) is 0 Å². The van der Waals surface area contributed by atoms with Crippen LogP contribution in [0.3, 0.4) is 0 Å². The Morgan fingerprint density at radius 2 is 1.00 bits per heavy atom.